The zero-order valence-corrected chi connectivity index (χ0v) is 12.2. The van der Waals surface area contributed by atoms with Crippen LogP contribution >= 0.6 is 0 Å². The van der Waals surface area contributed by atoms with Crippen LogP contribution in [0, 0.1) is 0 Å². The highest BCUT2D eigenvalue weighted by atomic mass is 16.5. The second-order valence-corrected chi connectivity index (χ2v) is 5.11. The van der Waals surface area contributed by atoms with Crippen molar-refractivity contribution in [1.82, 2.24) is 25.1 Å². The molecule has 2 aromatic rings. The van der Waals surface area contributed by atoms with E-state index in [2.05, 4.69) is 15.5 Å². The molecule has 0 unspecified atom stereocenters. The maximum Gasteiger partial charge on any atom is 0.328 e. The molecular weight excluding hydrogens is 302 g/mol. The molecule has 1 aliphatic rings. The molecule has 23 heavy (non-hydrogen) atoms. The van der Waals surface area contributed by atoms with Gasteiger partial charge in [0.25, 0.3) is 0 Å². The first kappa shape index (κ1) is 15.1. The summed E-state index contributed by atoms with van der Waals surface area (Å²) in [7, 11) is 0. The van der Waals surface area contributed by atoms with Crippen molar-refractivity contribution in [3.05, 3.63) is 36.2 Å². The summed E-state index contributed by atoms with van der Waals surface area (Å²) in [4.78, 5) is 24.9. The van der Waals surface area contributed by atoms with Gasteiger partial charge in [-0.25, -0.2) is 9.48 Å². The number of aliphatic carboxylic acids is 1. The van der Waals surface area contributed by atoms with E-state index in [4.69, 9.17) is 4.74 Å². The summed E-state index contributed by atoms with van der Waals surface area (Å²) in [6.07, 6.45) is 1.62. The lowest BCUT2D eigenvalue weighted by Crippen LogP contribution is -2.53. The van der Waals surface area contributed by atoms with Crippen LogP contribution in [0.4, 0.5) is 0 Å². The molecule has 120 valence electrons. The highest BCUT2D eigenvalue weighted by Crippen LogP contribution is 2.13. The Labute approximate surface area is 131 Å². The summed E-state index contributed by atoms with van der Waals surface area (Å²) in [6.45, 7) is 0.672. The number of ether oxygens (including phenoxy) is 1. The van der Waals surface area contributed by atoms with Crippen molar-refractivity contribution in [1.29, 1.82) is 0 Å². The maximum absolute atomic E-state index is 12.4. The first-order chi connectivity index (χ1) is 11.1. The van der Waals surface area contributed by atoms with Crippen molar-refractivity contribution in [3.8, 4) is 5.69 Å². The quantitative estimate of drug-likeness (QED) is 0.810. The smallest absolute Gasteiger partial charge is 0.328 e. The van der Waals surface area contributed by atoms with E-state index in [1.54, 1.807) is 24.3 Å². The van der Waals surface area contributed by atoms with Crippen molar-refractivity contribution in [2.45, 2.75) is 12.5 Å². The number of nitrogens with zero attached hydrogens (tertiary/aromatic N) is 5. The van der Waals surface area contributed by atoms with Crippen LogP contribution in [-0.2, 0) is 20.7 Å². The third kappa shape index (κ3) is 3.34. The third-order valence-electron chi connectivity index (χ3n) is 3.64. The molecule has 1 aromatic carbocycles. The minimum Gasteiger partial charge on any atom is -0.480 e. The van der Waals surface area contributed by atoms with Gasteiger partial charge < -0.3 is 14.7 Å². The van der Waals surface area contributed by atoms with Crippen molar-refractivity contribution in [2.24, 2.45) is 0 Å². The van der Waals surface area contributed by atoms with Crippen LogP contribution in [0.1, 0.15) is 5.56 Å². The number of carbonyl (C=O) groups is 2. The Morgan fingerprint density at radius 3 is 2.74 bits per heavy atom. The number of aromatic nitrogens is 4. The molecule has 9 nitrogen and oxygen atoms in total. The topological polar surface area (TPSA) is 110 Å². The summed E-state index contributed by atoms with van der Waals surface area (Å²) < 4.78 is 6.64. The second kappa shape index (κ2) is 6.53. The van der Waals surface area contributed by atoms with Gasteiger partial charge in [0.1, 0.15) is 6.33 Å². The van der Waals surface area contributed by atoms with E-state index < -0.39 is 12.0 Å². The Hall–Kier alpha value is -2.81. The Balaban J connectivity index is 1.68. The molecule has 0 saturated carbocycles. The molecule has 0 radical (unpaired) electrons. The van der Waals surface area contributed by atoms with Crippen molar-refractivity contribution >= 4 is 11.9 Å². The Bertz CT molecular complexity index is 686. The second-order valence-electron chi connectivity index (χ2n) is 5.11. The van der Waals surface area contributed by atoms with Crippen LogP contribution in [0.3, 0.4) is 0 Å². The molecule has 0 aliphatic carbocycles. The summed E-state index contributed by atoms with van der Waals surface area (Å²) in [5.74, 6) is -1.28. The van der Waals surface area contributed by atoms with Gasteiger partial charge in [-0.05, 0) is 28.1 Å². The van der Waals surface area contributed by atoms with Crippen LogP contribution in [0.2, 0.25) is 0 Å². The van der Waals surface area contributed by atoms with E-state index in [0.29, 0.717) is 13.2 Å². The van der Waals surface area contributed by atoms with Gasteiger partial charge in [0.05, 0.1) is 25.3 Å². The fraction of sp³-hybridized carbons (Fsp3) is 0.357. The minimum atomic E-state index is -1.05. The normalized spacial score (nSPS) is 17.9. The molecule has 1 aliphatic heterocycles. The van der Waals surface area contributed by atoms with E-state index in [1.807, 2.05) is 0 Å². The molecule has 1 saturated heterocycles. The molecule has 0 bridgehead atoms. The third-order valence-corrected chi connectivity index (χ3v) is 3.64. The van der Waals surface area contributed by atoms with Gasteiger partial charge in [0, 0.05) is 6.54 Å². The number of rotatable bonds is 4. The molecule has 3 rings (SSSR count). The molecule has 1 N–H and O–H groups in total. The predicted octanol–water partition coefficient (Wildman–Crippen LogP) is -0.483. The molecule has 9 heteroatoms. The van der Waals surface area contributed by atoms with Gasteiger partial charge in [-0.1, -0.05) is 12.1 Å². The zero-order chi connectivity index (χ0) is 16.2. The molecule has 1 amide bonds. The van der Waals surface area contributed by atoms with Gasteiger partial charge >= 0.3 is 5.97 Å². The predicted molar refractivity (Wildman–Crippen MR) is 76.8 cm³/mol. The van der Waals surface area contributed by atoms with Gasteiger partial charge in [-0.3, -0.25) is 4.79 Å². The van der Waals surface area contributed by atoms with Crippen LogP contribution in [0.15, 0.2) is 30.6 Å². The molecular formula is C14H15N5O4. The molecule has 1 aromatic heterocycles. The number of carbonyl (C=O) groups excluding carboxylic acids is 1. The zero-order valence-electron chi connectivity index (χ0n) is 12.2. The van der Waals surface area contributed by atoms with Crippen molar-refractivity contribution < 1.29 is 19.4 Å². The van der Waals surface area contributed by atoms with Gasteiger partial charge in [-0.15, -0.1) is 5.10 Å². The Morgan fingerprint density at radius 2 is 2.09 bits per heavy atom. The number of hydrogen-bond acceptors (Lipinski definition) is 6. The van der Waals surface area contributed by atoms with Crippen LogP contribution < -0.4 is 0 Å². The van der Waals surface area contributed by atoms with Crippen LogP contribution in [0.25, 0.3) is 5.69 Å². The maximum atomic E-state index is 12.4. The fourth-order valence-electron chi connectivity index (χ4n) is 2.43. The number of tetrazole rings is 1. The molecule has 1 atom stereocenters. The number of amides is 1. The lowest BCUT2D eigenvalue weighted by molar-refractivity contribution is -0.158. The monoisotopic (exact) mass is 317 g/mol. The first-order valence-corrected chi connectivity index (χ1v) is 7.07. The molecule has 1 fully saturated rings. The SMILES string of the molecule is O=C(O)[C@H]1COCCN1C(=O)Cc1ccc(-n2cnnn2)cc1. The Morgan fingerprint density at radius 1 is 1.30 bits per heavy atom. The average Bonchev–Trinajstić information content (AvgIpc) is 3.10. The summed E-state index contributed by atoms with van der Waals surface area (Å²) in [5.41, 5.74) is 1.57. The number of benzene rings is 1. The van der Waals surface area contributed by atoms with Gasteiger partial charge in [0.15, 0.2) is 6.04 Å². The lowest BCUT2D eigenvalue weighted by Gasteiger charge is -2.32. The fourth-order valence-corrected chi connectivity index (χ4v) is 2.43. The van der Waals surface area contributed by atoms with E-state index in [1.165, 1.54) is 15.9 Å². The van der Waals surface area contributed by atoms with E-state index >= 15 is 0 Å². The average molecular weight is 317 g/mol. The largest absolute Gasteiger partial charge is 0.480 e. The van der Waals surface area contributed by atoms with E-state index in [9.17, 15) is 14.7 Å². The number of morpholine rings is 1. The number of carboxylic acid groups (broad SMARTS) is 1. The van der Waals surface area contributed by atoms with Crippen LogP contribution in [-0.4, -0.2) is 67.9 Å². The highest BCUT2D eigenvalue weighted by molar-refractivity contribution is 5.85. The standard InChI is InChI=1S/C14H15N5O4/c20-13(18-5-6-23-8-12(18)14(21)22)7-10-1-3-11(4-2-10)19-9-15-16-17-19/h1-4,9,12H,5-8H2,(H,21,22)/t12-/m1/s1. The van der Waals surface area contributed by atoms with Crippen LogP contribution in [0.5, 0.6) is 0 Å². The first-order valence-electron chi connectivity index (χ1n) is 7.07. The summed E-state index contributed by atoms with van der Waals surface area (Å²) in [5, 5.41) is 20.1. The summed E-state index contributed by atoms with van der Waals surface area (Å²) >= 11 is 0. The van der Waals surface area contributed by atoms with Gasteiger partial charge in [-0.2, -0.15) is 0 Å². The number of carboxylic acids is 1. The van der Waals surface area contributed by atoms with Gasteiger partial charge in [0.2, 0.25) is 5.91 Å². The summed E-state index contributed by atoms with van der Waals surface area (Å²) in [6, 6.07) is 6.27. The van der Waals surface area contributed by atoms with E-state index in [-0.39, 0.29) is 18.9 Å². The van der Waals surface area contributed by atoms with Crippen molar-refractivity contribution in [2.75, 3.05) is 19.8 Å². The Kier molecular flexibility index (Phi) is 4.29. The molecule has 0 spiro atoms. The molecule has 2 heterocycles. The van der Waals surface area contributed by atoms with E-state index in [0.717, 1.165) is 11.3 Å². The number of hydrogen-bond donors (Lipinski definition) is 1. The highest BCUT2D eigenvalue weighted by Gasteiger charge is 2.32. The van der Waals surface area contributed by atoms with Crippen molar-refractivity contribution in [3.63, 3.8) is 0 Å². The lowest BCUT2D eigenvalue weighted by atomic mass is 10.1. The minimum absolute atomic E-state index is 0.0271.